The fourth-order valence-electron chi connectivity index (χ4n) is 2.23. The van der Waals surface area contributed by atoms with E-state index in [1.54, 1.807) is 6.07 Å². The molecule has 0 saturated carbocycles. The number of ether oxygens (including phenoxy) is 1. The zero-order valence-electron chi connectivity index (χ0n) is 13.7. The highest BCUT2D eigenvalue weighted by atomic mass is 35.5. The van der Waals surface area contributed by atoms with Crippen molar-refractivity contribution in [3.05, 3.63) is 57.1 Å². The van der Waals surface area contributed by atoms with Crippen molar-refractivity contribution in [3.8, 4) is 11.5 Å². The Labute approximate surface area is 145 Å². The largest absolute Gasteiger partial charge is 0.457 e. The van der Waals surface area contributed by atoms with Crippen LogP contribution in [0.1, 0.15) is 16.7 Å². The molecule has 126 valence electrons. The highest BCUT2D eigenvalue weighted by Crippen LogP contribution is 2.33. The maximum atomic E-state index is 11.1. The molecule has 0 unspecified atom stereocenters. The van der Waals surface area contributed by atoms with E-state index in [4.69, 9.17) is 22.1 Å². The second-order valence-corrected chi connectivity index (χ2v) is 5.75. The molecule has 0 aliphatic heterocycles. The molecule has 0 aromatic heterocycles. The quantitative estimate of drug-likeness (QED) is 0.282. The van der Waals surface area contributed by atoms with Crippen LogP contribution in [0.2, 0.25) is 0 Å². The molecule has 0 heterocycles. The summed E-state index contributed by atoms with van der Waals surface area (Å²) in [6, 6.07) is 8.20. The van der Waals surface area contributed by atoms with Crippen molar-refractivity contribution >= 4 is 28.8 Å². The van der Waals surface area contributed by atoms with Crippen molar-refractivity contribution in [2.24, 2.45) is 10.7 Å². The van der Waals surface area contributed by atoms with E-state index in [2.05, 4.69) is 4.99 Å². The van der Waals surface area contributed by atoms with E-state index in [9.17, 15) is 10.1 Å². The first-order chi connectivity index (χ1) is 11.3. The Balaban J connectivity index is 2.48. The van der Waals surface area contributed by atoms with E-state index < -0.39 is 4.92 Å². The predicted octanol–water partition coefficient (Wildman–Crippen LogP) is 4.54. The first-order valence-electron chi connectivity index (χ1n) is 7.24. The number of nitro groups is 1. The van der Waals surface area contributed by atoms with Gasteiger partial charge in [-0.3, -0.25) is 10.1 Å². The number of nitro benzene ring substituents is 1. The van der Waals surface area contributed by atoms with Gasteiger partial charge in [0.1, 0.15) is 17.3 Å². The molecular formula is C17H18ClN3O3. The van der Waals surface area contributed by atoms with Gasteiger partial charge in [0.2, 0.25) is 0 Å². The lowest BCUT2D eigenvalue weighted by Gasteiger charge is -2.12. The Morgan fingerprint density at radius 3 is 2.58 bits per heavy atom. The third-order valence-electron chi connectivity index (χ3n) is 3.49. The van der Waals surface area contributed by atoms with Crippen LogP contribution >= 0.6 is 11.6 Å². The fraction of sp³-hybridized carbons (Fsp3) is 0.235. The summed E-state index contributed by atoms with van der Waals surface area (Å²) in [5, 5.41) is 11.1. The average Bonchev–Trinajstić information content (AvgIpc) is 2.51. The second kappa shape index (κ2) is 7.31. The summed E-state index contributed by atoms with van der Waals surface area (Å²) in [5.74, 6) is 1.17. The van der Waals surface area contributed by atoms with E-state index >= 15 is 0 Å². The first kappa shape index (κ1) is 17.7. The van der Waals surface area contributed by atoms with Crippen molar-refractivity contribution in [2.75, 3.05) is 5.88 Å². The summed E-state index contributed by atoms with van der Waals surface area (Å²) in [5.41, 5.74) is 8.89. The van der Waals surface area contributed by atoms with E-state index in [0.717, 1.165) is 16.7 Å². The molecule has 6 nitrogen and oxygen atoms in total. The number of hydrogen-bond acceptors (Lipinski definition) is 4. The van der Waals surface area contributed by atoms with Crippen LogP contribution in [0.15, 0.2) is 35.3 Å². The van der Waals surface area contributed by atoms with Gasteiger partial charge in [0.15, 0.2) is 0 Å². The van der Waals surface area contributed by atoms with E-state index in [-0.39, 0.29) is 17.4 Å². The number of nitrogens with two attached hydrogens (primary N) is 1. The Bertz CT molecular complexity index is 819. The number of alkyl halides is 1. The number of halogens is 1. The molecule has 0 aliphatic carbocycles. The summed E-state index contributed by atoms with van der Waals surface area (Å²) >= 11 is 5.61. The van der Waals surface area contributed by atoms with Crippen molar-refractivity contribution in [3.63, 3.8) is 0 Å². The number of rotatable bonds is 5. The van der Waals surface area contributed by atoms with Gasteiger partial charge in [-0.1, -0.05) is 6.07 Å². The SMILES string of the molecule is Cc1cc(C)c(C)c(Oc2cc(N=C(N)CCl)cc([N+](=O)[O-])c2)c1. The minimum Gasteiger partial charge on any atom is -0.457 e. The molecule has 2 aromatic carbocycles. The van der Waals surface area contributed by atoms with Gasteiger partial charge in [0, 0.05) is 12.1 Å². The maximum Gasteiger partial charge on any atom is 0.275 e. The summed E-state index contributed by atoms with van der Waals surface area (Å²) in [6.07, 6.45) is 0. The van der Waals surface area contributed by atoms with Crippen LogP contribution in [-0.2, 0) is 0 Å². The third-order valence-corrected chi connectivity index (χ3v) is 3.76. The monoisotopic (exact) mass is 347 g/mol. The Morgan fingerprint density at radius 1 is 1.25 bits per heavy atom. The van der Waals surface area contributed by atoms with Gasteiger partial charge >= 0.3 is 0 Å². The molecule has 2 N–H and O–H groups in total. The normalized spacial score (nSPS) is 11.4. The first-order valence-corrected chi connectivity index (χ1v) is 7.77. The zero-order valence-corrected chi connectivity index (χ0v) is 14.4. The molecule has 24 heavy (non-hydrogen) atoms. The van der Waals surface area contributed by atoms with Gasteiger partial charge in [0.05, 0.1) is 22.6 Å². The number of nitrogens with zero attached hydrogens (tertiary/aromatic N) is 2. The predicted molar refractivity (Wildman–Crippen MR) is 95.8 cm³/mol. The molecule has 0 amide bonds. The fourth-order valence-corrected chi connectivity index (χ4v) is 2.29. The lowest BCUT2D eigenvalue weighted by molar-refractivity contribution is -0.384. The molecular weight excluding hydrogens is 330 g/mol. The van der Waals surface area contributed by atoms with Crippen molar-refractivity contribution in [1.29, 1.82) is 0 Å². The summed E-state index contributed by atoms with van der Waals surface area (Å²) < 4.78 is 5.87. The lowest BCUT2D eigenvalue weighted by Crippen LogP contribution is -2.12. The molecule has 0 fully saturated rings. The van der Waals surface area contributed by atoms with Crippen molar-refractivity contribution < 1.29 is 9.66 Å². The molecule has 2 rings (SSSR count). The van der Waals surface area contributed by atoms with Crippen LogP contribution < -0.4 is 10.5 Å². The highest BCUT2D eigenvalue weighted by Gasteiger charge is 2.13. The van der Waals surface area contributed by atoms with E-state index in [1.165, 1.54) is 12.1 Å². The van der Waals surface area contributed by atoms with E-state index in [1.807, 2.05) is 32.9 Å². The second-order valence-electron chi connectivity index (χ2n) is 5.49. The molecule has 7 heteroatoms. The number of amidine groups is 1. The van der Waals surface area contributed by atoms with Crippen LogP contribution in [0.3, 0.4) is 0 Å². The average molecular weight is 348 g/mol. The van der Waals surface area contributed by atoms with Crippen LogP contribution in [0, 0.1) is 30.9 Å². The van der Waals surface area contributed by atoms with Crippen molar-refractivity contribution in [2.45, 2.75) is 20.8 Å². The molecule has 0 radical (unpaired) electrons. The van der Waals surface area contributed by atoms with Gasteiger partial charge in [0.25, 0.3) is 5.69 Å². The molecule has 0 spiro atoms. The topological polar surface area (TPSA) is 90.8 Å². The molecule has 0 bridgehead atoms. The Morgan fingerprint density at radius 2 is 1.96 bits per heavy atom. The van der Waals surface area contributed by atoms with E-state index in [0.29, 0.717) is 17.2 Å². The number of non-ortho nitro benzene ring substituents is 1. The summed E-state index contributed by atoms with van der Waals surface area (Å²) in [4.78, 5) is 14.7. The minimum atomic E-state index is -0.503. The number of benzene rings is 2. The van der Waals surface area contributed by atoms with Gasteiger partial charge in [-0.2, -0.15) is 0 Å². The Kier molecular flexibility index (Phi) is 5.41. The summed E-state index contributed by atoms with van der Waals surface area (Å²) in [7, 11) is 0. The van der Waals surface area contributed by atoms with Crippen LogP contribution in [0.4, 0.5) is 11.4 Å². The van der Waals surface area contributed by atoms with Gasteiger partial charge < -0.3 is 10.5 Å². The number of aliphatic imine (C=N–C) groups is 1. The van der Waals surface area contributed by atoms with Gasteiger partial charge in [-0.15, -0.1) is 11.6 Å². The molecule has 0 saturated heterocycles. The molecule has 0 atom stereocenters. The molecule has 0 aliphatic rings. The van der Waals surface area contributed by atoms with Crippen LogP contribution in [0.25, 0.3) is 0 Å². The van der Waals surface area contributed by atoms with Crippen LogP contribution in [0.5, 0.6) is 11.5 Å². The van der Waals surface area contributed by atoms with Crippen LogP contribution in [-0.4, -0.2) is 16.6 Å². The smallest absolute Gasteiger partial charge is 0.275 e. The van der Waals surface area contributed by atoms with Gasteiger partial charge in [-0.25, -0.2) is 4.99 Å². The standard InChI is InChI=1S/C17H18ClN3O3/c1-10-4-11(2)12(3)16(5-10)24-15-7-13(20-17(19)9-18)6-14(8-15)21(22)23/h4-8H,9H2,1-3H3,(H2,19,20). The molecule has 2 aromatic rings. The minimum absolute atomic E-state index is 0.0368. The highest BCUT2D eigenvalue weighted by molar-refractivity contribution is 6.28. The maximum absolute atomic E-state index is 11.1. The van der Waals surface area contributed by atoms with Crippen molar-refractivity contribution in [1.82, 2.24) is 0 Å². The lowest BCUT2D eigenvalue weighted by atomic mass is 10.1. The summed E-state index contributed by atoms with van der Waals surface area (Å²) in [6.45, 7) is 5.88. The van der Waals surface area contributed by atoms with Gasteiger partial charge in [-0.05, 0) is 43.5 Å². The Hall–Kier alpha value is -2.60. The number of hydrogen-bond donors (Lipinski definition) is 1. The third kappa shape index (κ3) is 4.23. The number of aryl methyl sites for hydroxylation is 2. The zero-order chi connectivity index (χ0) is 17.9.